The van der Waals surface area contributed by atoms with Crippen LogP contribution in [0.2, 0.25) is 0 Å². The standard InChI is InChI=1S/C21H24N4O2/c1-15-4-2-5-16(24-15)12-18(26)20-6-3-7-21(14-20,9-8-20)25-19(27)17-13-22-10-11-23-17/h2,4-5,10-11,13H,3,6-9,12,14H2,1H3,(H,25,27). The summed E-state index contributed by atoms with van der Waals surface area (Å²) >= 11 is 0. The number of carbonyl (C=O) groups excluding carboxylic acids is 2. The number of hydrogen-bond donors (Lipinski definition) is 1. The number of carbonyl (C=O) groups is 2. The molecular weight excluding hydrogens is 340 g/mol. The molecule has 27 heavy (non-hydrogen) atoms. The molecule has 6 heteroatoms. The minimum atomic E-state index is -0.334. The van der Waals surface area contributed by atoms with Crippen LogP contribution in [0.5, 0.6) is 0 Å². The van der Waals surface area contributed by atoms with Crippen molar-refractivity contribution < 1.29 is 9.59 Å². The monoisotopic (exact) mass is 364 g/mol. The van der Waals surface area contributed by atoms with Gasteiger partial charge in [-0.25, -0.2) is 4.98 Å². The van der Waals surface area contributed by atoms with Crippen LogP contribution in [0.4, 0.5) is 0 Å². The molecule has 2 aliphatic rings. The summed E-state index contributed by atoms with van der Waals surface area (Å²) in [5.74, 6) is 0.0597. The third-order valence-electron chi connectivity index (χ3n) is 6.12. The van der Waals surface area contributed by atoms with E-state index in [1.807, 2.05) is 25.1 Å². The van der Waals surface area contributed by atoms with Gasteiger partial charge in [0.05, 0.1) is 6.20 Å². The van der Waals surface area contributed by atoms with Gasteiger partial charge < -0.3 is 5.32 Å². The third-order valence-corrected chi connectivity index (χ3v) is 6.12. The molecule has 6 nitrogen and oxygen atoms in total. The second-order valence-corrected chi connectivity index (χ2v) is 8.01. The first-order valence-electron chi connectivity index (χ1n) is 9.55. The van der Waals surface area contributed by atoms with Crippen LogP contribution in [-0.4, -0.2) is 32.2 Å². The van der Waals surface area contributed by atoms with Crippen molar-refractivity contribution in [3.8, 4) is 0 Å². The normalized spacial score (nSPS) is 26.6. The van der Waals surface area contributed by atoms with Crippen LogP contribution in [0.3, 0.4) is 0 Å². The van der Waals surface area contributed by atoms with E-state index in [0.29, 0.717) is 12.1 Å². The molecule has 0 radical (unpaired) electrons. The molecule has 2 aromatic heterocycles. The number of pyridine rings is 1. The van der Waals surface area contributed by atoms with E-state index < -0.39 is 0 Å². The van der Waals surface area contributed by atoms with Crippen LogP contribution in [0, 0.1) is 12.3 Å². The first-order valence-corrected chi connectivity index (χ1v) is 9.55. The number of ketones is 1. The Morgan fingerprint density at radius 1 is 1.15 bits per heavy atom. The summed E-state index contributed by atoms with van der Waals surface area (Å²) in [5, 5.41) is 3.18. The van der Waals surface area contributed by atoms with E-state index >= 15 is 0 Å². The second-order valence-electron chi connectivity index (χ2n) is 8.01. The molecule has 2 aliphatic carbocycles. The van der Waals surface area contributed by atoms with Gasteiger partial charge in [0.1, 0.15) is 11.5 Å². The van der Waals surface area contributed by atoms with E-state index in [1.54, 1.807) is 6.20 Å². The number of fused-ring (bicyclic) bond motifs is 2. The van der Waals surface area contributed by atoms with Crippen molar-refractivity contribution in [3.05, 3.63) is 53.9 Å². The van der Waals surface area contributed by atoms with Crippen LogP contribution < -0.4 is 5.32 Å². The fraction of sp³-hybridized carbons (Fsp3) is 0.476. The Kier molecular flexibility index (Phi) is 4.50. The van der Waals surface area contributed by atoms with Gasteiger partial charge in [-0.2, -0.15) is 0 Å². The highest BCUT2D eigenvalue weighted by atomic mass is 16.2. The summed E-state index contributed by atoms with van der Waals surface area (Å²) in [4.78, 5) is 38.3. The van der Waals surface area contributed by atoms with Crippen LogP contribution in [0.1, 0.15) is 60.4 Å². The van der Waals surface area contributed by atoms with Gasteiger partial charge in [0, 0.05) is 41.2 Å². The zero-order valence-electron chi connectivity index (χ0n) is 15.6. The minimum Gasteiger partial charge on any atom is -0.345 e. The lowest BCUT2D eigenvalue weighted by Gasteiger charge is -2.39. The maximum atomic E-state index is 13.2. The van der Waals surface area contributed by atoms with Gasteiger partial charge in [-0.3, -0.25) is 19.6 Å². The van der Waals surface area contributed by atoms with Gasteiger partial charge in [0.25, 0.3) is 5.91 Å². The predicted octanol–water partition coefficient (Wildman–Crippen LogP) is 2.81. The Labute approximate surface area is 158 Å². The largest absolute Gasteiger partial charge is 0.345 e. The van der Waals surface area contributed by atoms with E-state index in [9.17, 15) is 9.59 Å². The molecule has 2 unspecified atom stereocenters. The molecule has 2 heterocycles. The number of amides is 1. The Morgan fingerprint density at radius 3 is 2.81 bits per heavy atom. The van der Waals surface area contributed by atoms with E-state index in [0.717, 1.165) is 49.9 Å². The smallest absolute Gasteiger partial charge is 0.271 e. The van der Waals surface area contributed by atoms with Crippen molar-refractivity contribution in [1.82, 2.24) is 20.3 Å². The van der Waals surface area contributed by atoms with Crippen molar-refractivity contribution in [2.45, 2.75) is 57.4 Å². The van der Waals surface area contributed by atoms with Gasteiger partial charge in [-0.15, -0.1) is 0 Å². The fourth-order valence-corrected chi connectivity index (χ4v) is 4.81. The fourth-order valence-electron chi connectivity index (χ4n) is 4.81. The van der Waals surface area contributed by atoms with Crippen LogP contribution in [-0.2, 0) is 11.2 Å². The van der Waals surface area contributed by atoms with Crippen molar-refractivity contribution in [1.29, 1.82) is 0 Å². The topological polar surface area (TPSA) is 84.8 Å². The summed E-state index contributed by atoms with van der Waals surface area (Å²) < 4.78 is 0. The lowest BCUT2D eigenvalue weighted by atomic mass is 9.69. The first-order chi connectivity index (χ1) is 13.0. The van der Waals surface area contributed by atoms with Crippen molar-refractivity contribution in [2.24, 2.45) is 5.41 Å². The van der Waals surface area contributed by atoms with Crippen molar-refractivity contribution >= 4 is 11.7 Å². The molecule has 0 aromatic carbocycles. The SMILES string of the molecule is Cc1cccc(CC(=O)C23CCCC(NC(=O)c4cnccn4)(CC2)C3)n1. The molecular formula is C21H24N4O2. The first kappa shape index (κ1) is 17.8. The lowest BCUT2D eigenvalue weighted by Crippen LogP contribution is -2.50. The second kappa shape index (κ2) is 6.83. The molecule has 0 spiro atoms. The van der Waals surface area contributed by atoms with E-state index in [4.69, 9.17) is 0 Å². The molecule has 2 atom stereocenters. The summed E-state index contributed by atoms with van der Waals surface area (Å²) in [6.07, 6.45) is 10.1. The highest BCUT2D eigenvalue weighted by Crippen LogP contribution is 2.54. The van der Waals surface area contributed by atoms with Gasteiger partial charge in [0.15, 0.2) is 0 Å². The maximum absolute atomic E-state index is 13.2. The number of hydrogen-bond acceptors (Lipinski definition) is 5. The predicted molar refractivity (Wildman–Crippen MR) is 100 cm³/mol. The summed E-state index contributed by atoms with van der Waals surface area (Å²) in [6, 6.07) is 5.81. The van der Waals surface area contributed by atoms with Gasteiger partial charge in [-0.05, 0) is 51.2 Å². The average molecular weight is 364 g/mol. The molecule has 4 rings (SSSR count). The molecule has 2 aromatic rings. The molecule has 2 saturated carbocycles. The van der Waals surface area contributed by atoms with E-state index in [2.05, 4.69) is 20.3 Å². The zero-order chi connectivity index (χ0) is 18.9. The van der Waals surface area contributed by atoms with Crippen molar-refractivity contribution in [3.63, 3.8) is 0 Å². The molecule has 1 amide bonds. The summed E-state index contributed by atoms with van der Waals surface area (Å²) in [7, 11) is 0. The Bertz CT molecular complexity index is 869. The Balaban J connectivity index is 1.49. The van der Waals surface area contributed by atoms with Crippen LogP contribution in [0.25, 0.3) is 0 Å². The van der Waals surface area contributed by atoms with Gasteiger partial charge in [0.2, 0.25) is 0 Å². The number of nitrogens with zero attached hydrogens (tertiary/aromatic N) is 3. The van der Waals surface area contributed by atoms with Gasteiger partial charge in [-0.1, -0.05) is 12.5 Å². The number of aryl methyl sites for hydroxylation is 1. The number of nitrogens with one attached hydrogen (secondary N) is 1. The number of Topliss-reactive ketones (excluding diaryl/α,β-unsaturated/α-hetero) is 1. The molecule has 0 aliphatic heterocycles. The Morgan fingerprint density at radius 2 is 2.04 bits per heavy atom. The Hall–Kier alpha value is -2.63. The molecule has 1 N–H and O–H groups in total. The van der Waals surface area contributed by atoms with Crippen LogP contribution in [0.15, 0.2) is 36.8 Å². The zero-order valence-corrected chi connectivity index (χ0v) is 15.6. The minimum absolute atomic E-state index is 0.200. The molecule has 0 saturated heterocycles. The van der Waals surface area contributed by atoms with Crippen molar-refractivity contribution in [2.75, 3.05) is 0 Å². The quantitative estimate of drug-likeness (QED) is 0.882. The summed E-state index contributed by atoms with van der Waals surface area (Å²) in [5.41, 5.74) is 1.45. The van der Waals surface area contributed by atoms with E-state index in [-0.39, 0.29) is 22.6 Å². The van der Waals surface area contributed by atoms with Crippen LogP contribution >= 0.6 is 0 Å². The summed E-state index contributed by atoms with van der Waals surface area (Å²) in [6.45, 7) is 1.94. The highest BCUT2D eigenvalue weighted by molar-refractivity contribution is 5.93. The lowest BCUT2D eigenvalue weighted by molar-refractivity contribution is -0.129. The van der Waals surface area contributed by atoms with Gasteiger partial charge >= 0.3 is 0 Å². The molecule has 140 valence electrons. The van der Waals surface area contributed by atoms with E-state index in [1.165, 1.54) is 12.4 Å². The molecule has 2 fully saturated rings. The highest BCUT2D eigenvalue weighted by Gasteiger charge is 2.54. The maximum Gasteiger partial charge on any atom is 0.271 e. The number of rotatable bonds is 5. The molecule has 2 bridgehead atoms. The average Bonchev–Trinajstić information content (AvgIpc) is 2.93. The number of aromatic nitrogens is 3. The third kappa shape index (κ3) is 3.48.